The van der Waals surface area contributed by atoms with Crippen molar-refractivity contribution in [3.05, 3.63) is 0 Å². The van der Waals surface area contributed by atoms with Gasteiger partial charge in [0, 0.05) is 0 Å². The molecule has 0 saturated carbocycles. The lowest BCUT2D eigenvalue weighted by molar-refractivity contribution is 0.449. The number of hydrogen-bond donors (Lipinski definition) is 0. The molecule has 11 heavy (non-hydrogen) atoms. The lowest BCUT2D eigenvalue weighted by atomic mass is 9.98. The summed E-state index contributed by atoms with van der Waals surface area (Å²) in [5.41, 5.74) is 0. The highest BCUT2D eigenvalue weighted by Crippen LogP contribution is 2.14. The van der Waals surface area contributed by atoms with Gasteiger partial charge in [0.15, 0.2) is 17.4 Å². The van der Waals surface area contributed by atoms with E-state index in [0.717, 1.165) is 11.8 Å². The lowest BCUT2D eigenvalue weighted by Crippen LogP contribution is -1.94. The fraction of sp³-hybridized carbons (Fsp3) is 1.00. The minimum Gasteiger partial charge on any atom is -0.0651 e. The average Bonchev–Trinajstić information content (AvgIpc) is 1.87. The molecule has 1 unspecified atom stereocenters. The second-order valence-electron chi connectivity index (χ2n) is 3.84. The van der Waals surface area contributed by atoms with E-state index < -0.39 is 0 Å². The Morgan fingerprint density at radius 3 is 1.91 bits per heavy atom. The van der Waals surface area contributed by atoms with E-state index in [9.17, 15) is 0 Å². The van der Waals surface area contributed by atoms with Crippen LogP contribution in [0.25, 0.3) is 0 Å². The van der Waals surface area contributed by atoms with E-state index in [0.29, 0.717) is 0 Å². The summed E-state index contributed by atoms with van der Waals surface area (Å²) in [6.45, 7) is 9.23. The third kappa shape index (κ3) is 10.5. The van der Waals surface area contributed by atoms with Crippen LogP contribution in [0.2, 0.25) is 0 Å². The summed E-state index contributed by atoms with van der Waals surface area (Å²) in [4.78, 5) is 0. The van der Waals surface area contributed by atoms with Crippen molar-refractivity contribution in [2.75, 3.05) is 0 Å². The van der Waals surface area contributed by atoms with Gasteiger partial charge in [-0.05, 0) is 11.8 Å². The molecular formula is C10H25Al. The Kier molecular flexibility index (Phi) is 11.0. The molecule has 0 fully saturated rings. The molecule has 0 aliphatic heterocycles. The molecule has 1 atom stereocenters. The summed E-state index contributed by atoms with van der Waals surface area (Å²) < 4.78 is 0. The van der Waals surface area contributed by atoms with Crippen LogP contribution in [0.15, 0.2) is 0 Å². The molecule has 0 N–H and O–H groups in total. The zero-order valence-corrected chi connectivity index (χ0v) is 7.98. The molecular weight excluding hydrogens is 147 g/mol. The quantitative estimate of drug-likeness (QED) is 0.559. The smallest absolute Gasteiger partial charge is 0.0651 e. The van der Waals surface area contributed by atoms with E-state index in [1.807, 2.05) is 0 Å². The molecule has 0 aromatic rings. The van der Waals surface area contributed by atoms with E-state index in [4.69, 9.17) is 0 Å². The van der Waals surface area contributed by atoms with Crippen LogP contribution >= 0.6 is 0 Å². The Bertz CT molecular complexity index is 69.3. The standard InChI is InChI=1S/C10H22.Al.3H/c1-5-10(4)8-6-7-9(2)3;;;;/h9-10H,5-8H2,1-4H3;;;;. The number of hydrogen-bond acceptors (Lipinski definition) is 0. The van der Waals surface area contributed by atoms with Crippen LogP contribution in [0.4, 0.5) is 0 Å². The minimum atomic E-state index is 0. The molecule has 0 aliphatic rings. The maximum absolute atomic E-state index is 2.35. The highest BCUT2D eigenvalue weighted by Gasteiger charge is 1.99. The summed E-state index contributed by atoms with van der Waals surface area (Å²) >= 11 is 0. The first kappa shape index (κ1) is 14.1. The molecule has 0 aromatic carbocycles. The van der Waals surface area contributed by atoms with Crippen LogP contribution in [-0.4, -0.2) is 17.4 Å². The van der Waals surface area contributed by atoms with Gasteiger partial charge < -0.3 is 0 Å². The fourth-order valence-electron chi connectivity index (χ4n) is 1.08. The Labute approximate surface area is 82.9 Å². The van der Waals surface area contributed by atoms with E-state index in [1.165, 1.54) is 25.7 Å². The summed E-state index contributed by atoms with van der Waals surface area (Å²) in [7, 11) is 0. The van der Waals surface area contributed by atoms with Crippen LogP contribution in [-0.2, 0) is 0 Å². The van der Waals surface area contributed by atoms with Gasteiger partial charge in [-0.25, -0.2) is 0 Å². The van der Waals surface area contributed by atoms with Gasteiger partial charge in [0.25, 0.3) is 0 Å². The normalized spacial score (nSPS) is 12.8. The Balaban J connectivity index is 0. The van der Waals surface area contributed by atoms with Gasteiger partial charge in [-0.1, -0.05) is 53.4 Å². The Morgan fingerprint density at radius 2 is 1.55 bits per heavy atom. The predicted molar refractivity (Wildman–Crippen MR) is 58.1 cm³/mol. The lowest BCUT2D eigenvalue weighted by Gasteiger charge is -2.08. The van der Waals surface area contributed by atoms with Crippen molar-refractivity contribution < 1.29 is 0 Å². The first-order valence-electron chi connectivity index (χ1n) is 4.66. The summed E-state index contributed by atoms with van der Waals surface area (Å²) in [5.74, 6) is 1.84. The van der Waals surface area contributed by atoms with Crippen molar-refractivity contribution in [1.29, 1.82) is 0 Å². The summed E-state index contributed by atoms with van der Waals surface area (Å²) in [6, 6.07) is 0. The van der Waals surface area contributed by atoms with Crippen LogP contribution in [0, 0.1) is 11.8 Å². The molecule has 0 saturated heterocycles. The van der Waals surface area contributed by atoms with Crippen LogP contribution in [0.3, 0.4) is 0 Å². The maximum atomic E-state index is 2.35. The second kappa shape index (κ2) is 8.63. The molecule has 0 bridgehead atoms. The molecule has 0 rings (SSSR count). The van der Waals surface area contributed by atoms with Gasteiger partial charge >= 0.3 is 0 Å². The molecule has 0 radical (unpaired) electrons. The van der Waals surface area contributed by atoms with Gasteiger partial charge in [0.05, 0.1) is 0 Å². The third-order valence-corrected chi connectivity index (χ3v) is 2.18. The molecule has 0 spiro atoms. The first-order valence-corrected chi connectivity index (χ1v) is 4.66. The van der Waals surface area contributed by atoms with Crippen LogP contribution in [0.1, 0.15) is 53.4 Å². The van der Waals surface area contributed by atoms with Gasteiger partial charge in [-0.3, -0.25) is 0 Å². The third-order valence-electron chi connectivity index (χ3n) is 2.18. The monoisotopic (exact) mass is 172 g/mol. The van der Waals surface area contributed by atoms with Crippen molar-refractivity contribution in [1.82, 2.24) is 0 Å². The van der Waals surface area contributed by atoms with E-state index in [-0.39, 0.29) is 17.4 Å². The Hall–Kier alpha value is 0.532. The number of rotatable bonds is 5. The van der Waals surface area contributed by atoms with Gasteiger partial charge in [-0.15, -0.1) is 0 Å². The van der Waals surface area contributed by atoms with Gasteiger partial charge in [0.2, 0.25) is 0 Å². The molecule has 0 heterocycles. The van der Waals surface area contributed by atoms with E-state index in [1.54, 1.807) is 0 Å². The van der Waals surface area contributed by atoms with Crippen LogP contribution in [0.5, 0.6) is 0 Å². The van der Waals surface area contributed by atoms with Crippen molar-refractivity contribution in [3.63, 3.8) is 0 Å². The maximum Gasteiger partial charge on any atom is 0.187 e. The predicted octanol–water partition coefficient (Wildman–Crippen LogP) is 2.67. The SMILES string of the molecule is CCC(C)CCCC(C)C.[AlH3]. The van der Waals surface area contributed by atoms with Gasteiger partial charge in [-0.2, -0.15) is 0 Å². The van der Waals surface area contributed by atoms with Crippen molar-refractivity contribution in [2.24, 2.45) is 11.8 Å². The topological polar surface area (TPSA) is 0 Å². The molecule has 68 valence electrons. The zero-order chi connectivity index (χ0) is 7.98. The van der Waals surface area contributed by atoms with E-state index in [2.05, 4.69) is 27.7 Å². The second-order valence-corrected chi connectivity index (χ2v) is 3.84. The van der Waals surface area contributed by atoms with Crippen LogP contribution < -0.4 is 0 Å². The zero-order valence-electron chi connectivity index (χ0n) is 7.98. The highest BCUT2D eigenvalue weighted by molar-refractivity contribution is 5.75. The molecule has 0 aromatic heterocycles. The average molecular weight is 172 g/mol. The Morgan fingerprint density at radius 1 is 1.00 bits per heavy atom. The first-order chi connectivity index (χ1) is 4.66. The van der Waals surface area contributed by atoms with Crippen molar-refractivity contribution in [3.8, 4) is 0 Å². The largest absolute Gasteiger partial charge is 0.187 e. The minimum absolute atomic E-state index is 0. The van der Waals surface area contributed by atoms with Crippen molar-refractivity contribution in [2.45, 2.75) is 53.4 Å². The molecule has 0 amide bonds. The van der Waals surface area contributed by atoms with E-state index >= 15 is 0 Å². The molecule has 0 nitrogen and oxygen atoms in total. The summed E-state index contributed by atoms with van der Waals surface area (Å²) in [6.07, 6.45) is 5.60. The van der Waals surface area contributed by atoms with Crippen molar-refractivity contribution >= 4 is 17.4 Å². The summed E-state index contributed by atoms with van der Waals surface area (Å²) in [5, 5.41) is 0. The molecule has 1 heteroatoms. The fourth-order valence-corrected chi connectivity index (χ4v) is 1.08. The highest BCUT2D eigenvalue weighted by atomic mass is 27.0. The van der Waals surface area contributed by atoms with Gasteiger partial charge in [0.1, 0.15) is 0 Å². The molecule has 0 aliphatic carbocycles.